The largest absolute Gasteiger partial charge is 0.481 e. The van der Waals surface area contributed by atoms with Gasteiger partial charge in [-0.1, -0.05) is 13.3 Å². The highest BCUT2D eigenvalue weighted by Crippen LogP contribution is 2.25. The van der Waals surface area contributed by atoms with Crippen molar-refractivity contribution in [3.63, 3.8) is 0 Å². The summed E-state index contributed by atoms with van der Waals surface area (Å²) in [5.41, 5.74) is 0. The van der Waals surface area contributed by atoms with E-state index >= 15 is 0 Å². The zero-order chi connectivity index (χ0) is 13.1. The molecular formula is C14H26N2O2. The highest BCUT2D eigenvalue weighted by Gasteiger charge is 2.34. The number of carboxylic acid groups (broad SMARTS) is 1. The molecule has 0 amide bonds. The number of piperidine rings is 1. The van der Waals surface area contributed by atoms with Crippen LogP contribution in [0.5, 0.6) is 0 Å². The van der Waals surface area contributed by atoms with Gasteiger partial charge >= 0.3 is 5.97 Å². The van der Waals surface area contributed by atoms with Crippen LogP contribution in [0.25, 0.3) is 0 Å². The zero-order valence-corrected chi connectivity index (χ0v) is 11.6. The van der Waals surface area contributed by atoms with Crippen LogP contribution >= 0.6 is 0 Å². The molecule has 2 unspecified atom stereocenters. The fraction of sp³-hybridized carbons (Fsp3) is 0.929. The molecule has 0 spiro atoms. The molecule has 2 heterocycles. The third-order valence-corrected chi connectivity index (χ3v) is 4.78. The minimum atomic E-state index is -0.647. The van der Waals surface area contributed by atoms with Crippen LogP contribution in [0.1, 0.15) is 32.6 Å². The molecule has 2 saturated heterocycles. The van der Waals surface area contributed by atoms with Crippen molar-refractivity contribution in [3.05, 3.63) is 0 Å². The van der Waals surface area contributed by atoms with Crippen LogP contribution in [0, 0.1) is 11.8 Å². The van der Waals surface area contributed by atoms with Gasteiger partial charge in [-0.05, 0) is 45.3 Å². The van der Waals surface area contributed by atoms with Crippen LogP contribution in [0.3, 0.4) is 0 Å². The fourth-order valence-electron chi connectivity index (χ4n) is 3.15. The Hall–Kier alpha value is -0.610. The van der Waals surface area contributed by atoms with Gasteiger partial charge in [0.05, 0.1) is 5.92 Å². The van der Waals surface area contributed by atoms with E-state index in [-0.39, 0.29) is 5.92 Å². The molecule has 104 valence electrons. The van der Waals surface area contributed by atoms with Crippen LogP contribution in [0.4, 0.5) is 0 Å². The lowest BCUT2D eigenvalue weighted by Gasteiger charge is -2.43. The minimum Gasteiger partial charge on any atom is -0.481 e. The lowest BCUT2D eigenvalue weighted by atomic mass is 9.86. The Kier molecular flexibility index (Phi) is 4.62. The number of rotatable bonds is 5. The number of likely N-dealkylation sites (tertiary alicyclic amines) is 2. The predicted molar refractivity (Wildman–Crippen MR) is 71.6 cm³/mol. The number of aliphatic carboxylic acids is 1. The maximum absolute atomic E-state index is 10.9. The normalized spacial score (nSPS) is 28.9. The number of nitrogens with zero attached hydrogens (tertiary/aromatic N) is 2. The van der Waals surface area contributed by atoms with Crippen molar-refractivity contribution >= 4 is 5.97 Å². The van der Waals surface area contributed by atoms with Crippen LogP contribution in [-0.2, 0) is 4.79 Å². The minimum absolute atomic E-state index is 0.182. The van der Waals surface area contributed by atoms with Gasteiger partial charge in [0, 0.05) is 19.1 Å². The van der Waals surface area contributed by atoms with Gasteiger partial charge < -0.3 is 14.9 Å². The molecule has 0 aromatic rings. The van der Waals surface area contributed by atoms with E-state index < -0.39 is 5.97 Å². The van der Waals surface area contributed by atoms with Gasteiger partial charge in [0.25, 0.3) is 0 Å². The van der Waals surface area contributed by atoms with Gasteiger partial charge in [-0.3, -0.25) is 4.79 Å². The van der Waals surface area contributed by atoms with Gasteiger partial charge in [0.2, 0.25) is 0 Å². The monoisotopic (exact) mass is 254 g/mol. The molecule has 0 saturated carbocycles. The average molecular weight is 254 g/mol. The maximum Gasteiger partial charge on any atom is 0.306 e. The molecule has 2 rings (SSSR count). The van der Waals surface area contributed by atoms with E-state index in [4.69, 9.17) is 5.11 Å². The first-order chi connectivity index (χ1) is 8.58. The quantitative estimate of drug-likeness (QED) is 0.808. The van der Waals surface area contributed by atoms with Crippen LogP contribution in [-0.4, -0.2) is 60.1 Å². The SMILES string of the molecule is CC(C(=O)O)C1CN(CCC2CCCCN2C)C1. The number of carbonyl (C=O) groups is 1. The first-order valence-corrected chi connectivity index (χ1v) is 7.23. The number of carboxylic acids is 1. The van der Waals surface area contributed by atoms with E-state index in [0.29, 0.717) is 5.92 Å². The van der Waals surface area contributed by atoms with Gasteiger partial charge in [0.15, 0.2) is 0 Å². The van der Waals surface area contributed by atoms with Crippen molar-refractivity contribution in [1.82, 2.24) is 9.80 Å². The Bertz CT molecular complexity index is 290. The van der Waals surface area contributed by atoms with E-state index in [1.807, 2.05) is 6.92 Å². The summed E-state index contributed by atoms with van der Waals surface area (Å²) >= 11 is 0. The van der Waals surface area contributed by atoms with Crippen molar-refractivity contribution in [1.29, 1.82) is 0 Å². The third-order valence-electron chi connectivity index (χ3n) is 4.78. The number of hydrogen-bond acceptors (Lipinski definition) is 3. The Labute approximate surface area is 110 Å². The second-order valence-electron chi connectivity index (χ2n) is 6.07. The second kappa shape index (κ2) is 6.02. The van der Waals surface area contributed by atoms with E-state index in [9.17, 15) is 4.79 Å². The first-order valence-electron chi connectivity index (χ1n) is 7.23. The summed E-state index contributed by atoms with van der Waals surface area (Å²) in [5.74, 6) is -0.461. The predicted octanol–water partition coefficient (Wildman–Crippen LogP) is 1.51. The van der Waals surface area contributed by atoms with E-state index in [0.717, 1.165) is 25.7 Å². The summed E-state index contributed by atoms with van der Waals surface area (Å²) in [5, 5.41) is 8.95. The summed E-state index contributed by atoms with van der Waals surface area (Å²) in [6.45, 7) is 6.16. The van der Waals surface area contributed by atoms with Crippen molar-refractivity contribution in [2.24, 2.45) is 11.8 Å². The second-order valence-corrected chi connectivity index (χ2v) is 6.07. The van der Waals surface area contributed by atoms with Crippen molar-refractivity contribution in [3.8, 4) is 0 Å². The standard InChI is InChI=1S/C14H26N2O2/c1-11(14(17)18)12-9-16(10-12)8-6-13-5-3-4-7-15(13)2/h11-13H,3-10H2,1-2H3,(H,17,18). The van der Waals surface area contributed by atoms with E-state index in [2.05, 4.69) is 16.8 Å². The maximum atomic E-state index is 10.9. The summed E-state index contributed by atoms with van der Waals surface area (Å²) in [7, 11) is 2.23. The zero-order valence-electron chi connectivity index (χ0n) is 11.6. The average Bonchev–Trinajstić information content (AvgIpc) is 2.28. The molecule has 4 heteroatoms. The number of hydrogen-bond donors (Lipinski definition) is 1. The molecule has 0 aromatic carbocycles. The molecule has 2 aliphatic heterocycles. The lowest BCUT2D eigenvalue weighted by Crippen LogP contribution is -2.52. The van der Waals surface area contributed by atoms with Gasteiger partial charge in [-0.15, -0.1) is 0 Å². The van der Waals surface area contributed by atoms with Crippen LogP contribution < -0.4 is 0 Å². The van der Waals surface area contributed by atoms with Crippen molar-refractivity contribution in [2.45, 2.75) is 38.6 Å². The summed E-state index contributed by atoms with van der Waals surface area (Å²) in [6, 6.07) is 0.745. The van der Waals surface area contributed by atoms with Gasteiger partial charge in [-0.25, -0.2) is 0 Å². The van der Waals surface area contributed by atoms with Gasteiger partial charge in [0.1, 0.15) is 0 Å². The Morgan fingerprint density at radius 1 is 1.39 bits per heavy atom. The smallest absolute Gasteiger partial charge is 0.306 e. The first kappa shape index (κ1) is 13.8. The summed E-state index contributed by atoms with van der Waals surface area (Å²) < 4.78 is 0. The molecule has 4 nitrogen and oxygen atoms in total. The van der Waals surface area contributed by atoms with Crippen molar-refractivity contribution < 1.29 is 9.90 Å². The summed E-state index contributed by atoms with van der Waals surface area (Å²) in [6.07, 6.45) is 5.28. The topological polar surface area (TPSA) is 43.8 Å². The van der Waals surface area contributed by atoms with Gasteiger partial charge in [-0.2, -0.15) is 0 Å². The molecule has 1 N–H and O–H groups in total. The highest BCUT2D eigenvalue weighted by molar-refractivity contribution is 5.70. The Morgan fingerprint density at radius 2 is 2.11 bits per heavy atom. The molecular weight excluding hydrogens is 228 g/mol. The summed E-state index contributed by atoms with van der Waals surface area (Å²) in [4.78, 5) is 15.8. The molecule has 2 aliphatic rings. The molecule has 18 heavy (non-hydrogen) atoms. The Morgan fingerprint density at radius 3 is 2.72 bits per heavy atom. The molecule has 0 bridgehead atoms. The van der Waals surface area contributed by atoms with Crippen LogP contribution in [0.2, 0.25) is 0 Å². The fourth-order valence-corrected chi connectivity index (χ4v) is 3.15. The highest BCUT2D eigenvalue weighted by atomic mass is 16.4. The van der Waals surface area contributed by atoms with E-state index in [1.54, 1.807) is 0 Å². The van der Waals surface area contributed by atoms with E-state index in [1.165, 1.54) is 32.2 Å². The molecule has 0 aliphatic carbocycles. The molecule has 2 atom stereocenters. The lowest BCUT2D eigenvalue weighted by molar-refractivity contribution is -0.145. The Balaban J connectivity index is 1.63. The van der Waals surface area contributed by atoms with Crippen LogP contribution in [0.15, 0.2) is 0 Å². The molecule has 2 fully saturated rings. The molecule has 0 radical (unpaired) electrons. The molecule has 0 aromatic heterocycles. The third kappa shape index (κ3) is 3.23. The van der Waals surface area contributed by atoms with Crippen molar-refractivity contribution in [2.75, 3.05) is 33.2 Å².